The summed E-state index contributed by atoms with van der Waals surface area (Å²) in [6.45, 7) is 5.21. The highest BCUT2D eigenvalue weighted by molar-refractivity contribution is 7.98. The number of aryl methyl sites for hydroxylation is 2. The predicted molar refractivity (Wildman–Crippen MR) is 116 cm³/mol. The lowest BCUT2D eigenvalue weighted by Crippen LogP contribution is -2.31. The van der Waals surface area contributed by atoms with Crippen LogP contribution >= 0.6 is 11.8 Å². The predicted octanol–water partition coefficient (Wildman–Crippen LogP) is 3.55. The van der Waals surface area contributed by atoms with Gasteiger partial charge in [0.2, 0.25) is 0 Å². The van der Waals surface area contributed by atoms with Gasteiger partial charge in [-0.15, -0.1) is 11.8 Å². The maximum atomic E-state index is 12.5. The summed E-state index contributed by atoms with van der Waals surface area (Å²) in [5.74, 6) is 1.38. The molecule has 0 radical (unpaired) electrons. The summed E-state index contributed by atoms with van der Waals surface area (Å²) in [5, 5.41) is 1.09. The summed E-state index contributed by atoms with van der Waals surface area (Å²) in [5.41, 5.74) is 1.13. The summed E-state index contributed by atoms with van der Waals surface area (Å²) in [7, 11) is 0. The van der Waals surface area contributed by atoms with Crippen molar-refractivity contribution in [2.24, 2.45) is 0 Å². The van der Waals surface area contributed by atoms with Crippen LogP contribution in [0, 0.1) is 0 Å². The van der Waals surface area contributed by atoms with Gasteiger partial charge in [0.1, 0.15) is 5.82 Å². The minimum Gasteiger partial charge on any atom is -0.322 e. The van der Waals surface area contributed by atoms with E-state index in [1.165, 1.54) is 0 Å². The molecule has 4 rings (SSSR count). The number of hydrogen-bond acceptors (Lipinski definition) is 5. The third-order valence-corrected chi connectivity index (χ3v) is 6.05. The number of unbranched alkanes of at least 4 members (excludes halogenated alkanes) is 1. The van der Waals surface area contributed by atoms with Crippen molar-refractivity contribution in [3.05, 3.63) is 63.2 Å². The van der Waals surface area contributed by atoms with E-state index in [2.05, 4.69) is 23.0 Å². The molecule has 0 fully saturated rings. The van der Waals surface area contributed by atoms with Crippen molar-refractivity contribution < 1.29 is 0 Å². The molecule has 0 atom stereocenters. The van der Waals surface area contributed by atoms with Gasteiger partial charge in [0.05, 0.1) is 11.3 Å². The number of rotatable bonds is 7. The van der Waals surface area contributed by atoms with Gasteiger partial charge < -0.3 is 4.57 Å². The summed E-state index contributed by atoms with van der Waals surface area (Å²) in [4.78, 5) is 37.6. The standard InChI is InChI=1S/C21H23N5O2S/c1-3-5-12-26-19-18(20(27)24-21(26)28)25(4-2)17(23-19)13-29-16-10-11-22-15-9-7-6-8-14(15)16/h6-11H,3-5,12-13H2,1-2H3,(H,24,27,28). The zero-order chi connectivity index (χ0) is 20.4. The van der Waals surface area contributed by atoms with Crippen LogP contribution in [0.4, 0.5) is 0 Å². The van der Waals surface area contributed by atoms with Crippen molar-refractivity contribution in [1.29, 1.82) is 0 Å². The van der Waals surface area contributed by atoms with E-state index < -0.39 is 5.69 Å². The smallest absolute Gasteiger partial charge is 0.322 e. The first-order valence-electron chi connectivity index (χ1n) is 9.82. The molecule has 150 valence electrons. The number of hydrogen-bond donors (Lipinski definition) is 1. The van der Waals surface area contributed by atoms with Crippen LogP contribution in [0.15, 0.2) is 51.0 Å². The molecule has 8 heteroatoms. The number of fused-ring (bicyclic) bond motifs is 2. The van der Waals surface area contributed by atoms with Crippen molar-refractivity contribution in [1.82, 2.24) is 24.1 Å². The van der Waals surface area contributed by atoms with Crippen LogP contribution in [-0.4, -0.2) is 24.1 Å². The second-order valence-corrected chi connectivity index (χ2v) is 7.84. The molecular weight excluding hydrogens is 386 g/mol. The van der Waals surface area contributed by atoms with E-state index in [4.69, 9.17) is 4.98 Å². The number of aromatic nitrogens is 5. The van der Waals surface area contributed by atoms with Crippen LogP contribution in [0.25, 0.3) is 22.1 Å². The van der Waals surface area contributed by atoms with Crippen LogP contribution in [0.3, 0.4) is 0 Å². The van der Waals surface area contributed by atoms with Gasteiger partial charge in [-0.3, -0.25) is 19.3 Å². The van der Waals surface area contributed by atoms with Gasteiger partial charge in [0.25, 0.3) is 5.56 Å². The maximum absolute atomic E-state index is 12.5. The van der Waals surface area contributed by atoms with Crippen molar-refractivity contribution in [2.75, 3.05) is 0 Å². The molecule has 3 heterocycles. The van der Waals surface area contributed by atoms with Crippen LogP contribution in [0.2, 0.25) is 0 Å². The first-order valence-corrected chi connectivity index (χ1v) is 10.8. The van der Waals surface area contributed by atoms with Crippen LogP contribution in [-0.2, 0) is 18.8 Å². The lowest BCUT2D eigenvalue weighted by atomic mass is 10.2. The summed E-state index contributed by atoms with van der Waals surface area (Å²) in [6, 6.07) is 10.0. The number of imidazole rings is 1. The van der Waals surface area contributed by atoms with Crippen LogP contribution in [0.5, 0.6) is 0 Å². The third kappa shape index (κ3) is 3.60. The fourth-order valence-electron chi connectivity index (χ4n) is 3.53. The molecule has 1 aromatic carbocycles. The van der Waals surface area contributed by atoms with E-state index >= 15 is 0 Å². The fourth-order valence-corrected chi connectivity index (χ4v) is 4.52. The lowest BCUT2D eigenvalue weighted by molar-refractivity contribution is 0.613. The molecule has 0 bridgehead atoms. The summed E-state index contributed by atoms with van der Waals surface area (Å²) >= 11 is 1.66. The topological polar surface area (TPSA) is 85.6 Å². The van der Waals surface area contributed by atoms with Crippen LogP contribution in [0.1, 0.15) is 32.5 Å². The molecule has 0 unspecified atom stereocenters. The molecule has 0 saturated carbocycles. The molecule has 0 aliphatic rings. The summed E-state index contributed by atoms with van der Waals surface area (Å²) < 4.78 is 3.49. The van der Waals surface area contributed by atoms with Gasteiger partial charge in [-0.2, -0.15) is 0 Å². The van der Waals surface area contributed by atoms with Gasteiger partial charge in [0, 0.05) is 29.6 Å². The molecule has 1 N–H and O–H groups in total. The first kappa shape index (κ1) is 19.4. The van der Waals surface area contributed by atoms with E-state index in [9.17, 15) is 9.59 Å². The zero-order valence-electron chi connectivity index (χ0n) is 16.5. The molecule has 0 aliphatic heterocycles. The highest BCUT2D eigenvalue weighted by atomic mass is 32.2. The molecule has 0 aliphatic carbocycles. The number of para-hydroxylation sites is 1. The number of H-pyrrole nitrogens is 1. The first-order chi connectivity index (χ1) is 14.1. The third-order valence-electron chi connectivity index (χ3n) is 4.98. The number of nitrogens with one attached hydrogen (secondary N) is 1. The number of pyridine rings is 1. The van der Waals surface area contributed by atoms with Crippen molar-refractivity contribution in [2.45, 2.75) is 50.4 Å². The minimum atomic E-state index is -0.393. The molecule has 7 nitrogen and oxygen atoms in total. The highest BCUT2D eigenvalue weighted by Gasteiger charge is 2.18. The maximum Gasteiger partial charge on any atom is 0.330 e. The second kappa shape index (κ2) is 8.24. The number of benzene rings is 1. The van der Waals surface area contributed by atoms with Crippen molar-refractivity contribution in [3.8, 4) is 0 Å². The number of nitrogens with zero attached hydrogens (tertiary/aromatic N) is 4. The Morgan fingerprint density at radius 2 is 1.93 bits per heavy atom. The van der Waals surface area contributed by atoms with E-state index in [0.29, 0.717) is 30.0 Å². The molecule has 0 spiro atoms. The van der Waals surface area contributed by atoms with Gasteiger partial charge >= 0.3 is 5.69 Å². The van der Waals surface area contributed by atoms with E-state index in [0.717, 1.165) is 34.5 Å². The Balaban J connectivity index is 1.76. The molecular formula is C21H23N5O2S. The lowest BCUT2D eigenvalue weighted by Gasteiger charge is -2.07. The average Bonchev–Trinajstić information content (AvgIpc) is 3.11. The monoisotopic (exact) mass is 409 g/mol. The Morgan fingerprint density at radius 1 is 1.10 bits per heavy atom. The molecule has 4 aromatic rings. The van der Waals surface area contributed by atoms with Crippen molar-refractivity contribution in [3.63, 3.8) is 0 Å². The van der Waals surface area contributed by atoms with Gasteiger partial charge in [-0.05, 0) is 25.5 Å². The Bertz CT molecular complexity index is 1280. The van der Waals surface area contributed by atoms with Gasteiger partial charge in [0.15, 0.2) is 11.2 Å². The molecule has 3 aromatic heterocycles. The van der Waals surface area contributed by atoms with E-state index in [1.807, 2.05) is 35.8 Å². The number of aromatic amines is 1. The second-order valence-electron chi connectivity index (χ2n) is 6.82. The SMILES string of the molecule is CCCCn1c(=O)[nH]c(=O)c2c1nc(CSc1ccnc3ccccc13)n2CC. The zero-order valence-corrected chi connectivity index (χ0v) is 17.3. The van der Waals surface area contributed by atoms with E-state index in [1.54, 1.807) is 22.5 Å². The van der Waals surface area contributed by atoms with Crippen molar-refractivity contribution >= 4 is 33.8 Å². The fraction of sp³-hybridized carbons (Fsp3) is 0.333. The minimum absolute atomic E-state index is 0.377. The van der Waals surface area contributed by atoms with Crippen LogP contribution < -0.4 is 11.2 Å². The molecule has 0 amide bonds. The largest absolute Gasteiger partial charge is 0.330 e. The highest BCUT2D eigenvalue weighted by Crippen LogP contribution is 2.29. The molecule has 29 heavy (non-hydrogen) atoms. The Kier molecular flexibility index (Phi) is 5.53. The molecule has 0 saturated heterocycles. The Morgan fingerprint density at radius 3 is 2.72 bits per heavy atom. The van der Waals surface area contributed by atoms with E-state index in [-0.39, 0.29) is 5.56 Å². The average molecular weight is 410 g/mol. The quantitative estimate of drug-likeness (QED) is 0.472. The normalized spacial score (nSPS) is 11.5. The number of thioether (sulfide) groups is 1. The Labute approximate surface area is 171 Å². The van der Waals surface area contributed by atoms with Gasteiger partial charge in [-0.25, -0.2) is 9.78 Å². The van der Waals surface area contributed by atoms with Gasteiger partial charge in [-0.1, -0.05) is 31.5 Å². The Hall–Kier alpha value is -2.87. The summed E-state index contributed by atoms with van der Waals surface area (Å²) in [6.07, 6.45) is 3.62.